The highest BCUT2D eigenvalue weighted by Gasteiger charge is 2.05. The highest BCUT2D eigenvalue weighted by Crippen LogP contribution is 2.15. The van der Waals surface area contributed by atoms with Crippen LogP contribution in [-0.2, 0) is 0 Å². The predicted octanol–water partition coefficient (Wildman–Crippen LogP) is 1.17. The van der Waals surface area contributed by atoms with Gasteiger partial charge in [-0.1, -0.05) is 0 Å². The van der Waals surface area contributed by atoms with Crippen molar-refractivity contribution in [1.82, 2.24) is 24.6 Å². The molecule has 0 aliphatic rings. The molecule has 0 spiro atoms. The number of imidazole rings is 1. The summed E-state index contributed by atoms with van der Waals surface area (Å²) < 4.78 is 1.63. The number of nitrogens with zero attached hydrogens (tertiary/aromatic N) is 5. The second-order valence-electron chi connectivity index (χ2n) is 3.40. The molecule has 0 saturated heterocycles. The van der Waals surface area contributed by atoms with Crippen molar-refractivity contribution < 1.29 is 0 Å². The lowest BCUT2D eigenvalue weighted by Crippen LogP contribution is -1.97. The minimum atomic E-state index is 0.624. The molecule has 3 aromatic rings. The van der Waals surface area contributed by atoms with Crippen LogP contribution in [0.3, 0.4) is 0 Å². The van der Waals surface area contributed by atoms with Crippen molar-refractivity contribution in [2.24, 2.45) is 0 Å². The van der Waals surface area contributed by atoms with E-state index in [0.717, 1.165) is 16.9 Å². The third-order valence-corrected chi connectivity index (χ3v) is 2.37. The fourth-order valence-corrected chi connectivity index (χ4v) is 1.56. The minimum Gasteiger partial charge on any atom is -0.244 e. The summed E-state index contributed by atoms with van der Waals surface area (Å²) in [6.07, 6.45) is 11.9. The quantitative estimate of drug-likeness (QED) is 0.579. The first-order valence-corrected chi connectivity index (χ1v) is 4.95. The molecule has 0 bridgehead atoms. The van der Waals surface area contributed by atoms with Crippen LogP contribution in [0.25, 0.3) is 16.9 Å². The first-order valence-electron chi connectivity index (χ1n) is 4.95. The third kappa shape index (κ3) is 1.52. The summed E-state index contributed by atoms with van der Waals surface area (Å²) in [4.78, 5) is 12.1. The monoisotopic (exact) mass is 221 g/mol. The van der Waals surface area contributed by atoms with E-state index >= 15 is 0 Å². The third-order valence-electron chi connectivity index (χ3n) is 2.37. The summed E-state index contributed by atoms with van der Waals surface area (Å²) in [5, 5.41) is 4.41. The summed E-state index contributed by atoms with van der Waals surface area (Å²) in [7, 11) is 0. The Kier molecular flexibility index (Phi) is 2.06. The van der Waals surface area contributed by atoms with Crippen LogP contribution in [0.1, 0.15) is 5.69 Å². The molecule has 3 heterocycles. The van der Waals surface area contributed by atoms with Crippen LogP contribution in [-0.4, -0.2) is 24.6 Å². The van der Waals surface area contributed by atoms with Crippen LogP contribution in [0.5, 0.6) is 0 Å². The molecule has 0 amide bonds. The van der Waals surface area contributed by atoms with Gasteiger partial charge in [0, 0.05) is 18.0 Å². The largest absolute Gasteiger partial charge is 0.244 e. The van der Waals surface area contributed by atoms with Gasteiger partial charge in [-0.3, -0.25) is 0 Å². The van der Waals surface area contributed by atoms with E-state index in [1.54, 1.807) is 23.1 Å². The number of hydrogen-bond acceptors (Lipinski definition) is 4. The molecule has 3 rings (SSSR count). The van der Waals surface area contributed by atoms with Gasteiger partial charge in [0.25, 0.3) is 0 Å². The van der Waals surface area contributed by atoms with Gasteiger partial charge in [-0.15, -0.1) is 6.42 Å². The molecule has 17 heavy (non-hydrogen) atoms. The molecular formula is C12H7N5. The van der Waals surface area contributed by atoms with E-state index in [4.69, 9.17) is 6.42 Å². The Morgan fingerprint density at radius 2 is 1.94 bits per heavy atom. The molecule has 0 aromatic carbocycles. The van der Waals surface area contributed by atoms with Crippen molar-refractivity contribution in [1.29, 1.82) is 0 Å². The van der Waals surface area contributed by atoms with Crippen LogP contribution in [0.4, 0.5) is 0 Å². The van der Waals surface area contributed by atoms with Crippen LogP contribution in [0.15, 0.2) is 37.1 Å². The predicted molar refractivity (Wildman–Crippen MR) is 61.9 cm³/mol. The van der Waals surface area contributed by atoms with E-state index in [1.165, 1.54) is 6.33 Å². The fourth-order valence-electron chi connectivity index (χ4n) is 1.56. The van der Waals surface area contributed by atoms with Crippen molar-refractivity contribution in [3.63, 3.8) is 0 Å². The van der Waals surface area contributed by atoms with Crippen molar-refractivity contribution in [3.8, 4) is 23.6 Å². The number of fused-ring (bicyclic) bond motifs is 1. The van der Waals surface area contributed by atoms with E-state index in [2.05, 4.69) is 26.0 Å². The lowest BCUT2D eigenvalue weighted by molar-refractivity contribution is 0.927. The first-order chi connectivity index (χ1) is 8.38. The van der Waals surface area contributed by atoms with Gasteiger partial charge in [-0.05, 0) is 18.1 Å². The maximum absolute atomic E-state index is 5.37. The van der Waals surface area contributed by atoms with E-state index < -0.39 is 0 Å². The Morgan fingerprint density at radius 3 is 2.71 bits per heavy atom. The molecule has 80 valence electrons. The lowest BCUT2D eigenvalue weighted by atomic mass is 10.2. The lowest BCUT2D eigenvalue weighted by Gasteiger charge is -2.00. The second-order valence-corrected chi connectivity index (χ2v) is 3.40. The summed E-state index contributed by atoms with van der Waals surface area (Å²) in [5.74, 6) is 2.54. The van der Waals surface area contributed by atoms with Crippen LogP contribution >= 0.6 is 0 Å². The number of aromatic nitrogens is 5. The topological polar surface area (TPSA) is 56.0 Å². The Bertz CT molecular complexity index is 709. The summed E-state index contributed by atoms with van der Waals surface area (Å²) in [5.41, 5.74) is 2.94. The molecule has 0 aliphatic heterocycles. The number of hydrogen-bond donors (Lipinski definition) is 0. The van der Waals surface area contributed by atoms with Gasteiger partial charge in [0.1, 0.15) is 12.0 Å². The molecule has 0 N–H and O–H groups in total. The molecule has 0 saturated carbocycles. The average Bonchev–Trinajstić information content (AvgIpc) is 2.81. The van der Waals surface area contributed by atoms with Gasteiger partial charge < -0.3 is 0 Å². The molecule has 0 fully saturated rings. The van der Waals surface area contributed by atoms with Crippen molar-refractivity contribution >= 4 is 5.65 Å². The average molecular weight is 221 g/mol. The van der Waals surface area contributed by atoms with E-state index in [1.807, 2.05) is 12.1 Å². The maximum atomic E-state index is 5.37. The Balaban J connectivity index is 2.23. The Labute approximate surface area is 97.2 Å². The zero-order chi connectivity index (χ0) is 11.7. The van der Waals surface area contributed by atoms with Crippen LogP contribution in [0.2, 0.25) is 0 Å². The zero-order valence-electron chi connectivity index (χ0n) is 8.78. The van der Waals surface area contributed by atoms with E-state index in [0.29, 0.717) is 5.69 Å². The molecule has 0 aliphatic carbocycles. The zero-order valence-corrected chi connectivity index (χ0v) is 8.78. The maximum Gasteiger partial charge on any atom is 0.154 e. The summed E-state index contributed by atoms with van der Waals surface area (Å²) in [6.45, 7) is 0. The van der Waals surface area contributed by atoms with Gasteiger partial charge in [0.15, 0.2) is 5.65 Å². The number of rotatable bonds is 1. The summed E-state index contributed by atoms with van der Waals surface area (Å²) in [6, 6.07) is 3.72. The first kappa shape index (κ1) is 9.48. The van der Waals surface area contributed by atoms with E-state index in [-0.39, 0.29) is 0 Å². The normalized spacial score (nSPS) is 10.3. The SMILES string of the molecule is C#Cc1cnc2ccc(-c3cncnc3)nn12. The van der Waals surface area contributed by atoms with Crippen molar-refractivity contribution in [2.75, 3.05) is 0 Å². The second kappa shape index (κ2) is 3.68. The van der Waals surface area contributed by atoms with Gasteiger partial charge in [-0.25, -0.2) is 19.5 Å². The number of terminal acetylenes is 1. The highest BCUT2D eigenvalue weighted by molar-refractivity contribution is 5.58. The smallest absolute Gasteiger partial charge is 0.154 e. The van der Waals surface area contributed by atoms with Crippen LogP contribution in [0, 0.1) is 12.3 Å². The standard InChI is InChI=1S/C12H7N5/c1-2-10-7-15-12-4-3-11(16-17(10)12)9-5-13-8-14-6-9/h1,3-8H. The van der Waals surface area contributed by atoms with Gasteiger partial charge >= 0.3 is 0 Å². The molecule has 0 radical (unpaired) electrons. The van der Waals surface area contributed by atoms with Crippen molar-refractivity contribution in [3.05, 3.63) is 42.7 Å². The molecule has 5 heteroatoms. The highest BCUT2D eigenvalue weighted by atomic mass is 15.3. The molecule has 0 atom stereocenters. The van der Waals surface area contributed by atoms with E-state index in [9.17, 15) is 0 Å². The van der Waals surface area contributed by atoms with Gasteiger partial charge in [-0.2, -0.15) is 5.10 Å². The molecule has 0 unspecified atom stereocenters. The fraction of sp³-hybridized carbons (Fsp3) is 0. The molecular weight excluding hydrogens is 214 g/mol. The Hall–Kier alpha value is -2.74. The summed E-state index contributed by atoms with van der Waals surface area (Å²) >= 11 is 0. The minimum absolute atomic E-state index is 0.624. The van der Waals surface area contributed by atoms with Gasteiger partial charge in [0.2, 0.25) is 0 Å². The van der Waals surface area contributed by atoms with Crippen molar-refractivity contribution in [2.45, 2.75) is 0 Å². The Morgan fingerprint density at radius 1 is 1.12 bits per heavy atom. The molecule has 3 aromatic heterocycles. The van der Waals surface area contributed by atoms with Gasteiger partial charge in [0.05, 0.1) is 11.9 Å². The molecule has 5 nitrogen and oxygen atoms in total. The van der Waals surface area contributed by atoms with Crippen LogP contribution < -0.4 is 0 Å².